The third-order valence-corrected chi connectivity index (χ3v) is 2.06. The second kappa shape index (κ2) is 6.39. The Morgan fingerprint density at radius 2 is 1.64 bits per heavy atom. The number of hydrogen-bond acceptors (Lipinski definition) is 5. The first-order valence-electron chi connectivity index (χ1n) is 2.91. The SMILES string of the molecule is CCC(S)(S)N(OC)OC.Cl. The summed E-state index contributed by atoms with van der Waals surface area (Å²) < 4.78 is -0.663. The van der Waals surface area contributed by atoms with Crippen molar-refractivity contribution >= 4 is 37.7 Å². The van der Waals surface area contributed by atoms with Gasteiger partial charge in [-0.15, -0.1) is 37.7 Å². The maximum absolute atomic E-state index is 4.81. The van der Waals surface area contributed by atoms with Crippen LogP contribution in [0.25, 0.3) is 0 Å². The van der Waals surface area contributed by atoms with Crippen LogP contribution in [0.5, 0.6) is 0 Å². The summed E-state index contributed by atoms with van der Waals surface area (Å²) in [7, 11) is 3.00. The van der Waals surface area contributed by atoms with Crippen LogP contribution in [0.2, 0.25) is 0 Å². The third kappa shape index (κ3) is 4.45. The molecular formula is C5H14ClNO2S2. The fourth-order valence-corrected chi connectivity index (χ4v) is 0.823. The lowest BCUT2D eigenvalue weighted by Gasteiger charge is -2.30. The van der Waals surface area contributed by atoms with Gasteiger partial charge in [-0.3, -0.25) is 9.68 Å². The van der Waals surface area contributed by atoms with Gasteiger partial charge >= 0.3 is 0 Å². The van der Waals surface area contributed by atoms with Crippen LogP contribution in [0.3, 0.4) is 0 Å². The number of nitrogens with zero attached hydrogens (tertiary/aromatic N) is 1. The van der Waals surface area contributed by atoms with Crippen molar-refractivity contribution in [2.24, 2.45) is 0 Å². The van der Waals surface area contributed by atoms with E-state index in [0.29, 0.717) is 6.42 Å². The molecule has 0 aliphatic carbocycles. The zero-order valence-corrected chi connectivity index (χ0v) is 9.38. The molecule has 0 heterocycles. The molecule has 0 fully saturated rings. The highest BCUT2D eigenvalue weighted by atomic mass is 35.5. The second-order valence-corrected chi connectivity index (χ2v) is 3.58. The molecule has 0 atom stereocenters. The minimum absolute atomic E-state index is 0. The first-order chi connectivity index (χ1) is 4.58. The van der Waals surface area contributed by atoms with E-state index in [0.717, 1.165) is 0 Å². The molecule has 0 aliphatic heterocycles. The Balaban J connectivity index is 0. The predicted molar refractivity (Wildman–Crippen MR) is 54.1 cm³/mol. The Labute approximate surface area is 84.6 Å². The van der Waals surface area contributed by atoms with E-state index in [9.17, 15) is 0 Å². The van der Waals surface area contributed by atoms with E-state index < -0.39 is 4.20 Å². The molecule has 11 heavy (non-hydrogen) atoms. The third-order valence-electron chi connectivity index (χ3n) is 1.10. The summed E-state index contributed by atoms with van der Waals surface area (Å²) in [5, 5.41) is 1.22. The van der Waals surface area contributed by atoms with Gasteiger partial charge in [0.25, 0.3) is 0 Å². The summed E-state index contributed by atoms with van der Waals surface area (Å²) in [6.07, 6.45) is 0.709. The minimum atomic E-state index is -0.663. The average Bonchev–Trinajstić information content (AvgIpc) is 1.90. The number of rotatable bonds is 4. The Bertz CT molecular complexity index is 100. The van der Waals surface area contributed by atoms with E-state index in [1.807, 2.05) is 6.92 Å². The number of thiol groups is 2. The molecule has 70 valence electrons. The zero-order valence-electron chi connectivity index (χ0n) is 6.77. The Morgan fingerprint density at radius 1 is 1.27 bits per heavy atom. The van der Waals surface area contributed by atoms with Crippen LogP contribution in [-0.4, -0.2) is 23.6 Å². The van der Waals surface area contributed by atoms with Crippen LogP contribution < -0.4 is 0 Å². The molecule has 0 bridgehead atoms. The molecule has 0 saturated carbocycles. The molecule has 3 nitrogen and oxygen atoms in total. The topological polar surface area (TPSA) is 21.7 Å². The van der Waals surface area contributed by atoms with E-state index >= 15 is 0 Å². The molecule has 0 aromatic carbocycles. The van der Waals surface area contributed by atoms with E-state index in [1.165, 1.54) is 19.4 Å². The van der Waals surface area contributed by atoms with Gasteiger partial charge in [-0.25, -0.2) is 0 Å². The average molecular weight is 220 g/mol. The van der Waals surface area contributed by atoms with Crippen LogP contribution in [0.4, 0.5) is 0 Å². The quantitative estimate of drug-likeness (QED) is 0.428. The number of hydrogen-bond donors (Lipinski definition) is 2. The molecule has 6 heteroatoms. The predicted octanol–water partition coefficient (Wildman–Crippen LogP) is 1.76. The van der Waals surface area contributed by atoms with Gasteiger partial charge in [0.2, 0.25) is 0 Å². The van der Waals surface area contributed by atoms with Gasteiger partial charge in [-0.05, 0) is 11.6 Å². The van der Waals surface area contributed by atoms with Gasteiger partial charge in [0.15, 0.2) is 4.20 Å². The molecule has 0 radical (unpaired) electrons. The molecule has 0 unspecified atom stereocenters. The summed E-state index contributed by atoms with van der Waals surface area (Å²) in [5.74, 6) is 0. The van der Waals surface area contributed by atoms with Gasteiger partial charge in [0.05, 0.1) is 14.2 Å². The standard InChI is InChI=1S/C5H13NO2S2.ClH/c1-4-5(9,10)6(7-2)8-3;/h9-10H,4H2,1-3H3;1H. The highest BCUT2D eigenvalue weighted by Crippen LogP contribution is 2.28. The summed E-state index contributed by atoms with van der Waals surface area (Å²) in [5.41, 5.74) is 0. The number of hydroxylamine groups is 2. The van der Waals surface area contributed by atoms with Crippen molar-refractivity contribution in [2.45, 2.75) is 17.5 Å². The van der Waals surface area contributed by atoms with Crippen molar-refractivity contribution < 1.29 is 9.68 Å². The molecular weight excluding hydrogens is 206 g/mol. The zero-order chi connectivity index (χ0) is 8.20. The van der Waals surface area contributed by atoms with Gasteiger partial charge in [0, 0.05) is 0 Å². The van der Waals surface area contributed by atoms with Crippen LogP contribution >= 0.6 is 37.7 Å². The minimum Gasteiger partial charge on any atom is -0.276 e. The van der Waals surface area contributed by atoms with Crippen molar-refractivity contribution in [3.8, 4) is 0 Å². The smallest absolute Gasteiger partial charge is 0.158 e. The summed E-state index contributed by atoms with van der Waals surface area (Å²) in [6, 6.07) is 0. The normalized spacial score (nSPS) is 11.5. The monoisotopic (exact) mass is 219 g/mol. The Morgan fingerprint density at radius 3 is 1.73 bits per heavy atom. The molecule has 0 aliphatic rings. The molecule has 0 N–H and O–H groups in total. The van der Waals surface area contributed by atoms with Crippen molar-refractivity contribution in [3.05, 3.63) is 0 Å². The van der Waals surface area contributed by atoms with E-state index in [2.05, 4.69) is 25.3 Å². The first kappa shape index (κ1) is 14.4. The van der Waals surface area contributed by atoms with Crippen molar-refractivity contribution in [1.82, 2.24) is 5.23 Å². The first-order valence-corrected chi connectivity index (χ1v) is 3.81. The van der Waals surface area contributed by atoms with E-state index in [1.54, 1.807) is 0 Å². The molecule has 0 saturated heterocycles. The van der Waals surface area contributed by atoms with E-state index in [-0.39, 0.29) is 12.4 Å². The highest BCUT2D eigenvalue weighted by Gasteiger charge is 2.27. The highest BCUT2D eigenvalue weighted by molar-refractivity contribution is 8.00. The lowest BCUT2D eigenvalue weighted by atomic mass is 10.5. The Hall–Kier alpha value is 0.870. The lowest BCUT2D eigenvalue weighted by Crippen LogP contribution is -2.37. The lowest BCUT2D eigenvalue weighted by molar-refractivity contribution is -0.356. The molecule has 0 rings (SSSR count). The fourth-order valence-electron chi connectivity index (χ4n) is 0.496. The maximum atomic E-state index is 4.81. The molecule has 0 aromatic heterocycles. The van der Waals surface area contributed by atoms with Gasteiger partial charge in [-0.2, -0.15) is 0 Å². The molecule has 0 aromatic rings. The van der Waals surface area contributed by atoms with Crippen molar-refractivity contribution in [2.75, 3.05) is 14.2 Å². The summed E-state index contributed by atoms with van der Waals surface area (Å²) >= 11 is 8.36. The van der Waals surface area contributed by atoms with Gasteiger partial charge < -0.3 is 0 Å². The molecule has 0 spiro atoms. The number of halogens is 1. The van der Waals surface area contributed by atoms with Crippen molar-refractivity contribution in [1.29, 1.82) is 0 Å². The second-order valence-electron chi connectivity index (χ2n) is 1.75. The van der Waals surface area contributed by atoms with Crippen LogP contribution in [-0.2, 0) is 9.68 Å². The summed E-state index contributed by atoms with van der Waals surface area (Å²) in [6.45, 7) is 1.94. The van der Waals surface area contributed by atoms with E-state index in [4.69, 9.17) is 9.68 Å². The largest absolute Gasteiger partial charge is 0.276 e. The van der Waals surface area contributed by atoms with Gasteiger partial charge in [0.1, 0.15) is 0 Å². The Kier molecular flexibility index (Phi) is 8.37. The van der Waals surface area contributed by atoms with Crippen molar-refractivity contribution in [3.63, 3.8) is 0 Å². The van der Waals surface area contributed by atoms with Crippen LogP contribution in [0.1, 0.15) is 13.3 Å². The van der Waals surface area contributed by atoms with Crippen LogP contribution in [0.15, 0.2) is 0 Å². The fraction of sp³-hybridized carbons (Fsp3) is 1.00. The maximum Gasteiger partial charge on any atom is 0.158 e. The van der Waals surface area contributed by atoms with Crippen LogP contribution in [0, 0.1) is 0 Å². The summed E-state index contributed by atoms with van der Waals surface area (Å²) in [4.78, 5) is 9.63. The molecule has 0 amide bonds. The van der Waals surface area contributed by atoms with Gasteiger partial charge in [-0.1, -0.05) is 6.92 Å².